The lowest BCUT2D eigenvalue weighted by molar-refractivity contribution is 0.614. The first-order valence-electron chi connectivity index (χ1n) is 6.69. The molecule has 0 spiro atoms. The van der Waals surface area contributed by atoms with Crippen molar-refractivity contribution in [2.75, 3.05) is 0 Å². The molecular weight excluding hydrogens is 331 g/mol. The maximum Gasteiger partial charge on any atom is 0.137 e. The summed E-state index contributed by atoms with van der Waals surface area (Å²) in [5, 5.41) is 1.06. The molecule has 106 valence electrons. The topological polar surface area (TPSA) is 38.9 Å². The van der Waals surface area contributed by atoms with Crippen molar-refractivity contribution in [1.29, 1.82) is 0 Å². The fourth-order valence-electron chi connectivity index (χ4n) is 2.48. The number of rotatable bonds is 3. The first kappa shape index (κ1) is 14.2. The molecule has 3 aromatic rings. The Morgan fingerprint density at radius 3 is 2.71 bits per heavy atom. The number of fused-ring (bicyclic) bond motifs is 1. The maximum absolute atomic E-state index is 13.6. The molecule has 1 heterocycles. The summed E-state index contributed by atoms with van der Waals surface area (Å²) in [6, 6.07) is 14.6. The van der Waals surface area contributed by atoms with E-state index in [0.29, 0.717) is 10.9 Å². The van der Waals surface area contributed by atoms with Gasteiger partial charge in [-0.15, -0.1) is 0 Å². The Morgan fingerprint density at radius 2 is 1.86 bits per heavy atom. The third-order valence-electron chi connectivity index (χ3n) is 3.53. The number of nitrogens with zero attached hydrogens (tertiary/aromatic N) is 1. The fraction of sp³-hybridized carbons (Fsp3) is 0.118. The lowest BCUT2D eigenvalue weighted by atomic mass is 9.97. The Bertz CT molecular complexity index is 783. The number of benzene rings is 2. The number of hydrogen-bond donors (Lipinski definition) is 1. The van der Waals surface area contributed by atoms with E-state index in [1.165, 1.54) is 6.07 Å². The second-order valence-electron chi connectivity index (χ2n) is 4.95. The molecule has 0 bridgehead atoms. The monoisotopic (exact) mass is 344 g/mol. The van der Waals surface area contributed by atoms with Crippen LogP contribution in [0.4, 0.5) is 4.39 Å². The summed E-state index contributed by atoms with van der Waals surface area (Å²) in [7, 11) is 0. The van der Waals surface area contributed by atoms with E-state index in [0.717, 1.165) is 22.0 Å². The van der Waals surface area contributed by atoms with Crippen molar-refractivity contribution in [3.63, 3.8) is 0 Å². The van der Waals surface area contributed by atoms with Gasteiger partial charge in [0.15, 0.2) is 0 Å². The normalized spacial score (nSPS) is 12.5. The van der Waals surface area contributed by atoms with Crippen LogP contribution in [0.25, 0.3) is 10.9 Å². The molecule has 0 aliphatic heterocycles. The van der Waals surface area contributed by atoms with Crippen molar-refractivity contribution < 1.29 is 4.39 Å². The van der Waals surface area contributed by atoms with Crippen LogP contribution >= 0.6 is 15.9 Å². The van der Waals surface area contributed by atoms with Gasteiger partial charge < -0.3 is 5.73 Å². The number of nitrogens with two attached hydrogens (primary N) is 1. The van der Waals surface area contributed by atoms with Gasteiger partial charge in [-0.05, 0) is 45.6 Å². The van der Waals surface area contributed by atoms with Crippen LogP contribution in [0.5, 0.6) is 0 Å². The molecule has 0 amide bonds. The number of para-hydroxylation sites is 1. The van der Waals surface area contributed by atoms with Crippen LogP contribution in [0.3, 0.4) is 0 Å². The Labute approximate surface area is 130 Å². The van der Waals surface area contributed by atoms with Crippen LogP contribution in [0.15, 0.2) is 59.2 Å². The fourth-order valence-corrected chi connectivity index (χ4v) is 2.91. The first-order valence-corrected chi connectivity index (χ1v) is 7.48. The molecule has 1 aromatic heterocycles. The molecule has 2 aromatic carbocycles. The highest BCUT2D eigenvalue weighted by molar-refractivity contribution is 9.10. The predicted molar refractivity (Wildman–Crippen MR) is 86.5 cm³/mol. The summed E-state index contributed by atoms with van der Waals surface area (Å²) < 4.78 is 14.1. The van der Waals surface area contributed by atoms with E-state index < -0.39 is 0 Å². The summed E-state index contributed by atoms with van der Waals surface area (Å²) in [6.07, 6.45) is 2.31. The van der Waals surface area contributed by atoms with Crippen molar-refractivity contribution >= 4 is 26.8 Å². The number of pyridine rings is 1. The zero-order valence-corrected chi connectivity index (χ0v) is 12.8. The van der Waals surface area contributed by atoms with E-state index in [2.05, 4.69) is 20.9 Å². The Morgan fingerprint density at radius 1 is 1.10 bits per heavy atom. The molecule has 0 aliphatic carbocycles. The summed E-state index contributed by atoms with van der Waals surface area (Å²) in [5.74, 6) is -0.268. The highest BCUT2D eigenvalue weighted by Gasteiger charge is 2.14. The van der Waals surface area contributed by atoms with Crippen LogP contribution in [-0.2, 0) is 6.42 Å². The zero-order chi connectivity index (χ0) is 14.8. The highest BCUT2D eigenvalue weighted by Crippen LogP contribution is 2.27. The van der Waals surface area contributed by atoms with Crippen LogP contribution < -0.4 is 5.73 Å². The molecule has 2 nitrogen and oxygen atoms in total. The highest BCUT2D eigenvalue weighted by atomic mass is 79.9. The van der Waals surface area contributed by atoms with E-state index in [1.54, 1.807) is 12.3 Å². The average molecular weight is 345 g/mol. The molecule has 0 radical (unpaired) electrons. The van der Waals surface area contributed by atoms with E-state index in [1.807, 2.05) is 36.4 Å². The van der Waals surface area contributed by atoms with Crippen LogP contribution in [0.2, 0.25) is 0 Å². The molecule has 3 rings (SSSR count). The van der Waals surface area contributed by atoms with Gasteiger partial charge in [0.25, 0.3) is 0 Å². The molecule has 0 saturated carbocycles. The van der Waals surface area contributed by atoms with Crippen molar-refractivity contribution in [3.8, 4) is 0 Å². The summed E-state index contributed by atoms with van der Waals surface area (Å²) in [4.78, 5) is 4.42. The van der Waals surface area contributed by atoms with Gasteiger partial charge in [-0.3, -0.25) is 4.98 Å². The molecule has 2 N–H and O–H groups in total. The third-order valence-corrected chi connectivity index (χ3v) is 4.42. The predicted octanol–water partition coefficient (Wildman–Crippen LogP) is 4.38. The third kappa shape index (κ3) is 2.82. The molecule has 0 aliphatic rings. The smallest absolute Gasteiger partial charge is 0.137 e. The van der Waals surface area contributed by atoms with Crippen molar-refractivity contribution in [2.45, 2.75) is 12.5 Å². The van der Waals surface area contributed by atoms with Gasteiger partial charge in [0.1, 0.15) is 5.82 Å². The van der Waals surface area contributed by atoms with Crippen LogP contribution in [-0.4, -0.2) is 4.98 Å². The van der Waals surface area contributed by atoms with Crippen molar-refractivity contribution in [2.24, 2.45) is 5.73 Å². The first-order chi connectivity index (χ1) is 10.2. The minimum absolute atomic E-state index is 0.235. The summed E-state index contributed by atoms with van der Waals surface area (Å²) >= 11 is 3.28. The molecule has 21 heavy (non-hydrogen) atoms. The standard InChI is InChI=1S/C17H14BrFN2/c18-16-12(5-2-8-14(16)19)10-15(20)13-7-1-4-11-6-3-9-21-17(11)13/h1-9,15H,10,20H2. The van der Waals surface area contributed by atoms with E-state index in [4.69, 9.17) is 5.73 Å². The Kier molecular flexibility index (Phi) is 3.99. The van der Waals surface area contributed by atoms with E-state index in [9.17, 15) is 4.39 Å². The second-order valence-corrected chi connectivity index (χ2v) is 5.74. The van der Waals surface area contributed by atoms with Gasteiger partial charge >= 0.3 is 0 Å². The quantitative estimate of drug-likeness (QED) is 0.765. The Balaban J connectivity index is 1.97. The lowest BCUT2D eigenvalue weighted by Crippen LogP contribution is -2.14. The largest absolute Gasteiger partial charge is 0.324 e. The molecule has 1 unspecified atom stereocenters. The van der Waals surface area contributed by atoms with Gasteiger partial charge in [-0.2, -0.15) is 0 Å². The van der Waals surface area contributed by atoms with Gasteiger partial charge in [0.2, 0.25) is 0 Å². The van der Waals surface area contributed by atoms with E-state index >= 15 is 0 Å². The molecule has 0 saturated heterocycles. The Hall–Kier alpha value is -1.78. The number of hydrogen-bond acceptors (Lipinski definition) is 2. The van der Waals surface area contributed by atoms with E-state index in [-0.39, 0.29) is 11.9 Å². The maximum atomic E-state index is 13.6. The van der Waals surface area contributed by atoms with Crippen LogP contribution in [0, 0.1) is 5.82 Å². The molecule has 0 fully saturated rings. The van der Waals surface area contributed by atoms with Gasteiger partial charge in [0, 0.05) is 17.6 Å². The average Bonchev–Trinajstić information content (AvgIpc) is 2.51. The lowest BCUT2D eigenvalue weighted by Gasteiger charge is -2.15. The van der Waals surface area contributed by atoms with Crippen LogP contribution in [0.1, 0.15) is 17.2 Å². The van der Waals surface area contributed by atoms with Gasteiger partial charge in [0.05, 0.1) is 9.99 Å². The number of aromatic nitrogens is 1. The molecule has 4 heteroatoms. The van der Waals surface area contributed by atoms with Gasteiger partial charge in [-0.25, -0.2) is 4.39 Å². The second kappa shape index (κ2) is 5.92. The SMILES string of the molecule is NC(Cc1cccc(F)c1Br)c1cccc2cccnc12. The van der Waals surface area contributed by atoms with Crippen molar-refractivity contribution in [3.05, 3.63) is 76.1 Å². The molecular formula is C17H14BrFN2. The number of halogens is 2. The summed E-state index contributed by atoms with van der Waals surface area (Å²) in [6.45, 7) is 0. The minimum atomic E-state index is -0.268. The summed E-state index contributed by atoms with van der Waals surface area (Å²) in [5.41, 5.74) is 9.06. The van der Waals surface area contributed by atoms with Gasteiger partial charge in [-0.1, -0.05) is 36.4 Å². The molecule has 1 atom stereocenters. The minimum Gasteiger partial charge on any atom is -0.324 e. The van der Waals surface area contributed by atoms with Crippen molar-refractivity contribution in [1.82, 2.24) is 4.98 Å². The zero-order valence-electron chi connectivity index (χ0n) is 11.3.